The summed E-state index contributed by atoms with van der Waals surface area (Å²) in [5, 5.41) is 2.84. The van der Waals surface area contributed by atoms with Crippen LogP contribution in [-0.2, 0) is 21.3 Å². The van der Waals surface area contributed by atoms with E-state index in [2.05, 4.69) is 5.32 Å². The van der Waals surface area contributed by atoms with Crippen LogP contribution in [0.1, 0.15) is 49.9 Å². The van der Waals surface area contributed by atoms with Crippen molar-refractivity contribution in [1.29, 1.82) is 0 Å². The lowest BCUT2D eigenvalue weighted by molar-refractivity contribution is 0.0526. The third-order valence-electron chi connectivity index (χ3n) is 5.63. The van der Waals surface area contributed by atoms with Crippen LogP contribution in [0.5, 0.6) is 0 Å². The highest BCUT2D eigenvalue weighted by atomic mass is 32.2. The minimum atomic E-state index is -3.53. The molecule has 35 heavy (non-hydrogen) atoms. The SMILES string of the molecule is CCOC(=O)c1ccc(C)c(NC(=O)c2ccc(CN(c3c(C)cccc3C)S(C)(=O)=O)cc2)c1. The van der Waals surface area contributed by atoms with E-state index in [0.717, 1.165) is 22.3 Å². The first-order chi connectivity index (χ1) is 16.5. The normalized spacial score (nSPS) is 11.1. The predicted octanol–water partition coefficient (Wildman–Crippen LogP) is 5.01. The van der Waals surface area contributed by atoms with E-state index in [-0.39, 0.29) is 19.1 Å². The number of nitrogens with one attached hydrogen (secondary N) is 1. The molecule has 0 saturated heterocycles. The number of aryl methyl sites for hydroxylation is 3. The van der Waals surface area contributed by atoms with Crippen molar-refractivity contribution in [2.75, 3.05) is 22.5 Å². The van der Waals surface area contributed by atoms with Crippen LogP contribution in [0.2, 0.25) is 0 Å². The number of carbonyl (C=O) groups excluding carboxylic acids is 2. The van der Waals surface area contributed by atoms with Crippen molar-refractivity contribution in [2.24, 2.45) is 0 Å². The topological polar surface area (TPSA) is 92.8 Å². The lowest BCUT2D eigenvalue weighted by Crippen LogP contribution is -2.30. The van der Waals surface area contributed by atoms with Gasteiger partial charge in [-0.3, -0.25) is 9.10 Å². The fourth-order valence-corrected chi connectivity index (χ4v) is 4.78. The molecule has 3 rings (SSSR count). The Labute approximate surface area is 206 Å². The highest BCUT2D eigenvalue weighted by Gasteiger charge is 2.21. The second-order valence-corrected chi connectivity index (χ2v) is 10.3. The van der Waals surface area contributed by atoms with Gasteiger partial charge in [-0.25, -0.2) is 13.2 Å². The molecule has 1 amide bonds. The largest absolute Gasteiger partial charge is 0.462 e. The molecule has 0 unspecified atom stereocenters. The average molecular weight is 495 g/mol. The number of nitrogens with zero attached hydrogens (tertiary/aromatic N) is 1. The quantitative estimate of drug-likeness (QED) is 0.445. The van der Waals surface area contributed by atoms with Gasteiger partial charge in [-0.15, -0.1) is 0 Å². The molecule has 1 N–H and O–H groups in total. The Morgan fingerprint density at radius 3 is 2.06 bits per heavy atom. The van der Waals surface area contributed by atoms with Crippen LogP contribution in [0.25, 0.3) is 0 Å². The van der Waals surface area contributed by atoms with Crippen LogP contribution in [-0.4, -0.2) is 33.2 Å². The Bertz CT molecular complexity index is 1330. The monoisotopic (exact) mass is 494 g/mol. The number of benzene rings is 3. The van der Waals surface area contributed by atoms with Crippen molar-refractivity contribution in [3.63, 3.8) is 0 Å². The van der Waals surface area contributed by atoms with Crippen LogP contribution in [0.3, 0.4) is 0 Å². The maximum Gasteiger partial charge on any atom is 0.338 e. The minimum Gasteiger partial charge on any atom is -0.462 e. The zero-order valence-electron chi connectivity index (χ0n) is 20.6. The molecule has 8 heteroatoms. The number of sulfonamides is 1. The number of carbonyl (C=O) groups is 2. The Morgan fingerprint density at radius 1 is 0.886 bits per heavy atom. The van der Waals surface area contributed by atoms with Gasteiger partial charge in [0.15, 0.2) is 0 Å². The number of hydrogen-bond donors (Lipinski definition) is 1. The standard InChI is InChI=1S/C27H30N2O5S/c1-6-34-27(31)23-13-10-18(2)24(16-23)28-26(30)22-14-11-21(12-15-22)17-29(35(5,32)33)25-19(3)8-7-9-20(25)4/h7-16H,6,17H2,1-5H3,(H,28,30). The van der Waals surface area contributed by atoms with Crippen LogP contribution < -0.4 is 9.62 Å². The summed E-state index contributed by atoms with van der Waals surface area (Å²) in [7, 11) is -3.53. The highest BCUT2D eigenvalue weighted by molar-refractivity contribution is 7.92. The van der Waals surface area contributed by atoms with Gasteiger partial charge >= 0.3 is 5.97 Å². The van der Waals surface area contributed by atoms with Gasteiger partial charge in [0.25, 0.3) is 5.91 Å². The summed E-state index contributed by atoms with van der Waals surface area (Å²) in [4.78, 5) is 24.9. The molecule has 0 aliphatic heterocycles. The van der Waals surface area contributed by atoms with Gasteiger partial charge in [-0.1, -0.05) is 36.4 Å². The van der Waals surface area contributed by atoms with Gasteiger partial charge in [0.05, 0.1) is 30.7 Å². The molecule has 0 fully saturated rings. The zero-order chi connectivity index (χ0) is 25.8. The molecule has 0 saturated carbocycles. The predicted molar refractivity (Wildman–Crippen MR) is 138 cm³/mol. The van der Waals surface area contributed by atoms with Crippen molar-refractivity contribution in [3.8, 4) is 0 Å². The van der Waals surface area contributed by atoms with Crippen LogP contribution >= 0.6 is 0 Å². The molecule has 0 aliphatic rings. The third-order valence-corrected chi connectivity index (χ3v) is 6.74. The summed E-state index contributed by atoms with van der Waals surface area (Å²) in [6.45, 7) is 7.74. The molecule has 0 heterocycles. The molecule has 0 radical (unpaired) electrons. The Balaban J connectivity index is 1.80. The lowest BCUT2D eigenvalue weighted by Gasteiger charge is -2.26. The maximum atomic E-state index is 12.8. The molecule has 7 nitrogen and oxygen atoms in total. The summed E-state index contributed by atoms with van der Waals surface area (Å²) < 4.78 is 31.6. The Morgan fingerprint density at radius 2 is 1.49 bits per heavy atom. The van der Waals surface area contributed by atoms with Crippen molar-refractivity contribution >= 4 is 33.3 Å². The van der Waals surface area contributed by atoms with Crippen molar-refractivity contribution in [2.45, 2.75) is 34.2 Å². The van der Waals surface area contributed by atoms with Crippen molar-refractivity contribution in [3.05, 3.63) is 94.0 Å². The lowest BCUT2D eigenvalue weighted by atomic mass is 10.1. The zero-order valence-corrected chi connectivity index (χ0v) is 21.4. The smallest absolute Gasteiger partial charge is 0.338 e. The molecular weight excluding hydrogens is 464 g/mol. The second kappa shape index (κ2) is 10.7. The fourth-order valence-electron chi connectivity index (χ4n) is 3.78. The van der Waals surface area contributed by atoms with E-state index in [1.165, 1.54) is 10.6 Å². The van der Waals surface area contributed by atoms with Crippen LogP contribution in [0.15, 0.2) is 60.7 Å². The second-order valence-electron chi connectivity index (χ2n) is 8.41. The molecule has 0 aromatic heterocycles. The summed E-state index contributed by atoms with van der Waals surface area (Å²) in [6.07, 6.45) is 1.19. The molecule has 0 atom stereocenters. The van der Waals surface area contributed by atoms with Gasteiger partial charge < -0.3 is 10.1 Å². The van der Waals surface area contributed by atoms with Gasteiger partial charge in [-0.2, -0.15) is 0 Å². The Hall–Kier alpha value is -3.65. The van der Waals surface area contributed by atoms with Crippen molar-refractivity contribution in [1.82, 2.24) is 0 Å². The summed E-state index contributed by atoms with van der Waals surface area (Å²) >= 11 is 0. The number of para-hydroxylation sites is 1. The Kier molecular flexibility index (Phi) is 7.96. The molecule has 0 spiro atoms. The third kappa shape index (κ3) is 6.27. The van der Waals surface area contributed by atoms with E-state index in [4.69, 9.17) is 4.74 Å². The molecule has 0 aliphatic carbocycles. The minimum absolute atomic E-state index is 0.146. The van der Waals surface area contributed by atoms with E-state index >= 15 is 0 Å². The van der Waals surface area contributed by atoms with E-state index in [1.807, 2.05) is 39.0 Å². The summed E-state index contributed by atoms with van der Waals surface area (Å²) in [5.41, 5.74) is 5.23. The molecule has 3 aromatic carbocycles. The fraction of sp³-hybridized carbons (Fsp3) is 0.259. The molecule has 184 valence electrons. The van der Waals surface area contributed by atoms with Gasteiger partial charge in [0, 0.05) is 11.3 Å². The van der Waals surface area contributed by atoms with E-state index in [0.29, 0.717) is 22.5 Å². The molecular formula is C27H30N2O5S. The highest BCUT2D eigenvalue weighted by Crippen LogP contribution is 2.28. The number of amides is 1. The average Bonchev–Trinajstić information content (AvgIpc) is 2.79. The van der Waals surface area contributed by atoms with Gasteiger partial charge in [0.1, 0.15) is 0 Å². The van der Waals surface area contributed by atoms with Gasteiger partial charge in [-0.05, 0) is 74.2 Å². The van der Waals surface area contributed by atoms with E-state index in [1.54, 1.807) is 49.4 Å². The maximum absolute atomic E-state index is 12.8. The summed E-state index contributed by atoms with van der Waals surface area (Å²) in [6, 6.07) is 17.4. The van der Waals surface area contributed by atoms with E-state index < -0.39 is 16.0 Å². The first kappa shape index (κ1) is 26.0. The van der Waals surface area contributed by atoms with Crippen LogP contribution in [0.4, 0.5) is 11.4 Å². The van der Waals surface area contributed by atoms with Gasteiger partial charge in [0.2, 0.25) is 10.0 Å². The molecule has 3 aromatic rings. The number of rotatable bonds is 8. The molecule has 0 bridgehead atoms. The first-order valence-electron chi connectivity index (χ1n) is 11.2. The number of ether oxygens (including phenoxy) is 1. The van der Waals surface area contributed by atoms with Crippen LogP contribution in [0, 0.1) is 20.8 Å². The van der Waals surface area contributed by atoms with Crippen molar-refractivity contribution < 1.29 is 22.7 Å². The number of anilines is 2. The number of hydrogen-bond acceptors (Lipinski definition) is 5. The first-order valence-corrected chi connectivity index (χ1v) is 13.1. The summed E-state index contributed by atoms with van der Waals surface area (Å²) in [5.74, 6) is -0.790. The van der Waals surface area contributed by atoms with E-state index in [9.17, 15) is 18.0 Å². The number of esters is 1.